The van der Waals surface area contributed by atoms with Crippen LogP contribution in [0.2, 0.25) is 15.1 Å². The van der Waals surface area contributed by atoms with E-state index in [0.29, 0.717) is 27.2 Å². The zero-order chi connectivity index (χ0) is 12.1. The second kappa shape index (κ2) is 8.46. The van der Waals surface area contributed by atoms with Gasteiger partial charge in [-0.1, -0.05) is 34.8 Å². The van der Waals surface area contributed by atoms with Crippen molar-refractivity contribution >= 4 is 40.8 Å². The van der Waals surface area contributed by atoms with Crippen LogP contribution in [0.25, 0.3) is 0 Å². The number of benzene rings is 1. The van der Waals surface area contributed by atoms with Crippen LogP contribution in [-0.4, -0.2) is 12.6 Å². The van der Waals surface area contributed by atoms with Crippen molar-refractivity contribution in [2.45, 2.75) is 12.8 Å². The minimum Gasteiger partial charge on any atom is -0.550 e. The number of rotatable bonds is 5. The molecule has 1 rings (SSSR count). The maximum Gasteiger partial charge on any atom is 1.00 e. The van der Waals surface area contributed by atoms with Crippen LogP contribution in [0.5, 0.6) is 5.75 Å². The fourth-order valence-electron chi connectivity index (χ4n) is 1.01. The maximum atomic E-state index is 10.1. The second-order valence-electron chi connectivity index (χ2n) is 3.02. The number of hydrogen-bond acceptors (Lipinski definition) is 3. The van der Waals surface area contributed by atoms with Gasteiger partial charge in [0.2, 0.25) is 0 Å². The van der Waals surface area contributed by atoms with Crippen LogP contribution in [0, 0.1) is 0 Å². The average molecular weight is 306 g/mol. The molecule has 3 nitrogen and oxygen atoms in total. The Hall–Kier alpha value is 0.360. The zero-order valence-corrected chi connectivity index (χ0v) is 13.4. The molecule has 0 saturated heterocycles. The summed E-state index contributed by atoms with van der Waals surface area (Å²) in [7, 11) is 0. The smallest absolute Gasteiger partial charge is 0.550 e. The van der Waals surface area contributed by atoms with Crippen molar-refractivity contribution in [3.8, 4) is 5.75 Å². The third-order valence-electron chi connectivity index (χ3n) is 1.76. The molecule has 7 heteroatoms. The van der Waals surface area contributed by atoms with Crippen LogP contribution in [0.15, 0.2) is 12.1 Å². The number of hydrogen-bond donors (Lipinski definition) is 0. The van der Waals surface area contributed by atoms with E-state index in [-0.39, 0.29) is 42.6 Å². The number of carboxylic acids is 1. The van der Waals surface area contributed by atoms with Crippen LogP contribution in [-0.2, 0) is 4.79 Å². The normalized spacial score (nSPS) is 9.59. The van der Waals surface area contributed by atoms with Crippen molar-refractivity contribution in [3.05, 3.63) is 27.2 Å². The first-order valence-electron chi connectivity index (χ1n) is 4.48. The zero-order valence-electron chi connectivity index (χ0n) is 9.13. The van der Waals surface area contributed by atoms with Gasteiger partial charge < -0.3 is 14.6 Å². The molecule has 0 aliphatic heterocycles. The Morgan fingerprint density at radius 3 is 2.35 bits per heavy atom. The Morgan fingerprint density at radius 1 is 1.18 bits per heavy atom. The SMILES string of the molecule is O=C([O-])CCCOc1cc(Cl)c(Cl)cc1Cl.[Na+]. The van der Waals surface area contributed by atoms with Gasteiger partial charge in [0.15, 0.2) is 0 Å². The minimum absolute atomic E-state index is 0. The summed E-state index contributed by atoms with van der Waals surface area (Å²) in [5.41, 5.74) is 0. The van der Waals surface area contributed by atoms with E-state index in [1.807, 2.05) is 0 Å². The van der Waals surface area contributed by atoms with E-state index < -0.39 is 5.97 Å². The van der Waals surface area contributed by atoms with Crippen molar-refractivity contribution in [3.63, 3.8) is 0 Å². The van der Waals surface area contributed by atoms with Crippen molar-refractivity contribution in [1.82, 2.24) is 0 Å². The second-order valence-corrected chi connectivity index (χ2v) is 4.24. The monoisotopic (exact) mass is 304 g/mol. The number of ether oxygens (including phenoxy) is 1. The molecular formula is C10H8Cl3NaO3. The molecule has 0 bridgehead atoms. The van der Waals surface area contributed by atoms with Crippen molar-refractivity contribution in [1.29, 1.82) is 0 Å². The van der Waals surface area contributed by atoms with Gasteiger partial charge in [0.25, 0.3) is 0 Å². The van der Waals surface area contributed by atoms with Gasteiger partial charge in [-0.2, -0.15) is 0 Å². The third-order valence-corrected chi connectivity index (χ3v) is 2.78. The predicted octanol–water partition coefficient (Wildman–Crippen LogP) is -0.440. The van der Waals surface area contributed by atoms with Gasteiger partial charge in [0, 0.05) is 12.0 Å². The summed E-state index contributed by atoms with van der Waals surface area (Å²) in [6, 6.07) is 2.96. The molecule has 88 valence electrons. The van der Waals surface area contributed by atoms with Crippen LogP contribution in [0.4, 0.5) is 0 Å². The van der Waals surface area contributed by atoms with Gasteiger partial charge in [-0.05, 0) is 18.9 Å². The van der Waals surface area contributed by atoms with E-state index in [1.54, 1.807) is 0 Å². The molecule has 0 unspecified atom stereocenters. The number of halogens is 3. The van der Waals surface area contributed by atoms with Gasteiger partial charge in [-0.25, -0.2) is 0 Å². The quantitative estimate of drug-likeness (QED) is 0.421. The fourth-order valence-corrected chi connectivity index (χ4v) is 1.60. The number of carbonyl (C=O) groups excluding carboxylic acids is 1. The Labute approximate surface area is 136 Å². The number of aliphatic carboxylic acids is 1. The summed E-state index contributed by atoms with van der Waals surface area (Å²) >= 11 is 17.4. The molecule has 0 spiro atoms. The number of carbonyl (C=O) groups is 1. The van der Waals surface area contributed by atoms with E-state index in [4.69, 9.17) is 39.5 Å². The molecule has 0 aliphatic rings. The van der Waals surface area contributed by atoms with E-state index in [1.165, 1.54) is 12.1 Å². The first kappa shape index (κ1) is 17.4. The molecule has 0 saturated carbocycles. The average Bonchev–Trinajstić information content (AvgIpc) is 2.19. The van der Waals surface area contributed by atoms with Gasteiger partial charge in [-0.3, -0.25) is 0 Å². The maximum absolute atomic E-state index is 10.1. The summed E-state index contributed by atoms with van der Waals surface area (Å²) in [4.78, 5) is 10.1. The minimum atomic E-state index is -1.11. The van der Waals surface area contributed by atoms with Crippen LogP contribution < -0.4 is 39.4 Å². The summed E-state index contributed by atoms with van der Waals surface area (Å²) < 4.78 is 5.26. The Bertz CT molecular complexity index is 399. The Kier molecular flexibility index (Phi) is 8.64. The largest absolute Gasteiger partial charge is 1.00 e. The van der Waals surface area contributed by atoms with E-state index in [0.717, 1.165) is 0 Å². The van der Waals surface area contributed by atoms with Gasteiger partial charge >= 0.3 is 29.6 Å². The van der Waals surface area contributed by atoms with Gasteiger partial charge in [0.1, 0.15) is 5.75 Å². The Balaban J connectivity index is 0.00000256. The van der Waals surface area contributed by atoms with E-state index >= 15 is 0 Å². The molecule has 1 aromatic carbocycles. The molecule has 0 aliphatic carbocycles. The topological polar surface area (TPSA) is 49.4 Å². The first-order chi connectivity index (χ1) is 7.50. The van der Waals surface area contributed by atoms with Gasteiger partial charge in [0.05, 0.1) is 21.7 Å². The van der Waals surface area contributed by atoms with Crippen molar-refractivity contribution < 1.29 is 44.2 Å². The molecule has 0 amide bonds. The summed E-state index contributed by atoms with van der Waals surface area (Å²) in [6.45, 7) is 0.228. The summed E-state index contributed by atoms with van der Waals surface area (Å²) in [6.07, 6.45) is 0.290. The summed E-state index contributed by atoms with van der Waals surface area (Å²) in [5, 5.41) is 11.2. The molecule has 17 heavy (non-hydrogen) atoms. The van der Waals surface area contributed by atoms with Crippen molar-refractivity contribution in [2.24, 2.45) is 0 Å². The molecule has 1 aromatic rings. The molecule has 0 radical (unpaired) electrons. The van der Waals surface area contributed by atoms with Gasteiger partial charge in [-0.15, -0.1) is 0 Å². The van der Waals surface area contributed by atoms with Crippen LogP contribution in [0.1, 0.15) is 12.8 Å². The molecular weight excluding hydrogens is 297 g/mol. The molecule has 0 atom stereocenters. The Morgan fingerprint density at radius 2 is 1.76 bits per heavy atom. The predicted molar refractivity (Wildman–Crippen MR) is 61.2 cm³/mol. The molecule has 0 fully saturated rings. The molecule has 0 N–H and O–H groups in total. The first-order valence-corrected chi connectivity index (χ1v) is 5.61. The molecule has 0 heterocycles. The van der Waals surface area contributed by atoms with E-state index in [9.17, 15) is 9.90 Å². The third kappa shape index (κ3) is 6.18. The standard InChI is InChI=1S/C10H9Cl3O3.Na/c11-6-4-8(13)9(5-7(6)12)16-3-1-2-10(14)15;/h4-5H,1-3H2,(H,14,15);/q;+1/p-1. The molecule has 0 aromatic heterocycles. The van der Waals surface area contributed by atoms with E-state index in [2.05, 4.69) is 0 Å². The van der Waals surface area contributed by atoms with Crippen molar-refractivity contribution in [2.75, 3.05) is 6.61 Å². The summed E-state index contributed by atoms with van der Waals surface area (Å²) in [5.74, 6) is -0.724. The van der Waals surface area contributed by atoms with Crippen LogP contribution >= 0.6 is 34.8 Å². The fraction of sp³-hybridized carbons (Fsp3) is 0.300. The van der Waals surface area contributed by atoms with Crippen LogP contribution in [0.3, 0.4) is 0 Å². The number of carboxylic acid groups (broad SMARTS) is 1.